The van der Waals surface area contributed by atoms with Crippen LogP contribution in [0.3, 0.4) is 0 Å². The molecule has 0 aliphatic heterocycles. The van der Waals surface area contributed by atoms with Crippen LogP contribution >= 0.6 is 11.6 Å². The Morgan fingerprint density at radius 3 is 2.94 bits per heavy atom. The van der Waals surface area contributed by atoms with E-state index in [1.165, 1.54) is 12.8 Å². The third-order valence-corrected chi connectivity index (χ3v) is 2.93. The Bertz CT molecular complexity index is 369. The quantitative estimate of drug-likeness (QED) is 0.601. The first-order valence-electron chi connectivity index (χ1n) is 6.07. The van der Waals surface area contributed by atoms with Gasteiger partial charge in [-0.25, -0.2) is 9.97 Å². The number of ether oxygens (including phenoxy) is 1. The maximum atomic E-state index is 5.97. The van der Waals surface area contributed by atoms with Crippen LogP contribution in [0.25, 0.3) is 0 Å². The molecule has 5 heteroatoms. The summed E-state index contributed by atoms with van der Waals surface area (Å²) in [6.07, 6.45) is 4.49. The highest BCUT2D eigenvalue weighted by atomic mass is 35.5. The lowest BCUT2D eigenvalue weighted by atomic mass is 10.3. The average Bonchev–Trinajstić information content (AvgIpc) is 3.12. The molecule has 0 spiro atoms. The van der Waals surface area contributed by atoms with Crippen LogP contribution in [-0.2, 0) is 4.74 Å². The largest absolute Gasteiger partial charge is 0.385 e. The van der Waals surface area contributed by atoms with Crippen LogP contribution in [0.5, 0.6) is 0 Å². The summed E-state index contributed by atoms with van der Waals surface area (Å²) in [5, 5.41) is 3.81. The minimum atomic E-state index is 0.529. The molecule has 0 radical (unpaired) electrons. The van der Waals surface area contributed by atoms with E-state index >= 15 is 0 Å². The van der Waals surface area contributed by atoms with E-state index in [-0.39, 0.29) is 0 Å². The Hall–Kier alpha value is -0.870. The summed E-state index contributed by atoms with van der Waals surface area (Å²) < 4.78 is 5.00. The molecule has 0 atom stereocenters. The molecule has 0 amide bonds. The van der Waals surface area contributed by atoms with Crippen molar-refractivity contribution in [3.8, 4) is 0 Å². The van der Waals surface area contributed by atoms with Crippen molar-refractivity contribution >= 4 is 17.4 Å². The lowest BCUT2D eigenvalue weighted by molar-refractivity contribution is 0.194. The number of methoxy groups -OCH3 is 1. The van der Waals surface area contributed by atoms with Crippen molar-refractivity contribution in [2.24, 2.45) is 0 Å². The molecule has 0 unspecified atom stereocenters. The monoisotopic (exact) mass is 255 g/mol. The zero-order valence-corrected chi connectivity index (χ0v) is 10.8. The number of nitrogens with zero attached hydrogens (tertiary/aromatic N) is 2. The summed E-state index contributed by atoms with van der Waals surface area (Å²) in [5.74, 6) is 2.25. The molecule has 4 nitrogen and oxygen atoms in total. The molecule has 0 bridgehead atoms. The van der Waals surface area contributed by atoms with Crippen LogP contribution in [0.15, 0.2) is 6.07 Å². The van der Waals surface area contributed by atoms with Crippen LogP contribution in [0, 0.1) is 0 Å². The van der Waals surface area contributed by atoms with Gasteiger partial charge in [-0.15, -0.1) is 0 Å². The highest BCUT2D eigenvalue weighted by Crippen LogP contribution is 2.38. The van der Waals surface area contributed by atoms with Gasteiger partial charge in [0.2, 0.25) is 0 Å². The van der Waals surface area contributed by atoms with E-state index in [2.05, 4.69) is 15.3 Å². The van der Waals surface area contributed by atoms with Crippen molar-refractivity contribution in [2.45, 2.75) is 31.6 Å². The van der Waals surface area contributed by atoms with Gasteiger partial charge in [-0.2, -0.15) is 0 Å². The van der Waals surface area contributed by atoms with Gasteiger partial charge < -0.3 is 10.1 Å². The zero-order valence-electron chi connectivity index (χ0n) is 10.1. The van der Waals surface area contributed by atoms with Gasteiger partial charge >= 0.3 is 0 Å². The van der Waals surface area contributed by atoms with Gasteiger partial charge in [0, 0.05) is 32.2 Å². The lowest BCUT2D eigenvalue weighted by Crippen LogP contribution is -2.06. The molecule has 94 valence electrons. The molecule has 1 saturated carbocycles. The third kappa shape index (κ3) is 4.13. The number of aromatic nitrogens is 2. The fraction of sp³-hybridized carbons (Fsp3) is 0.667. The van der Waals surface area contributed by atoms with Crippen molar-refractivity contribution in [3.05, 3.63) is 17.0 Å². The van der Waals surface area contributed by atoms with Crippen molar-refractivity contribution < 1.29 is 4.74 Å². The summed E-state index contributed by atoms with van der Waals surface area (Å²) in [5.41, 5.74) is 0. The molecular weight excluding hydrogens is 238 g/mol. The Morgan fingerprint density at radius 1 is 1.41 bits per heavy atom. The van der Waals surface area contributed by atoms with Crippen molar-refractivity contribution in [1.82, 2.24) is 9.97 Å². The van der Waals surface area contributed by atoms with Gasteiger partial charge in [0.25, 0.3) is 0 Å². The van der Waals surface area contributed by atoms with E-state index in [4.69, 9.17) is 16.3 Å². The van der Waals surface area contributed by atoms with Gasteiger partial charge in [-0.1, -0.05) is 11.6 Å². The van der Waals surface area contributed by atoms with Crippen LogP contribution in [0.2, 0.25) is 5.15 Å². The van der Waals surface area contributed by atoms with Gasteiger partial charge in [0.05, 0.1) is 0 Å². The van der Waals surface area contributed by atoms with E-state index in [9.17, 15) is 0 Å². The molecule has 1 aromatic rings. The summed E-state index contributed by atoms with van der Waals surface area (Å²) in [4.78, 5) is 8.72. The number of hydrogen-bond donors (Lipinski definition) is 1. The van der Waals surface area contributed by atoms with Crippen molar-refractivity contribution in [2.75, 3.05) is 25.6 Å². The number of nitrogens with one attached hydrogen (secondary N) is 1. The Kier molecular flexibility index (Phi) is 4.57. The number of rotatable bonds is 7. The topological polar surface area (TPSA) is 47.0 Å². The number of halogens is 1. The third-order valence-electron chi connectivity index (χ3n) is 2.74. The predicted molar refractivity (Wildman–Crippen MR) is 68.6 cm³/mol. The normalized spacial score (nSPS) is 14.9. The standard InChI is InChI=1S/C12H18ClN3O/c1-17-7-3-2-6-14-11-8-10(13)15-12(16-11)9-4-5-9/h8-9H,2-7H2,1H3,(H,14,15,16). The average molecular weight is 256 g/mol. The van der Waals surface area contributed by atoms with E-state index < -0.39 is 0 Å². The molecule has 1 aliphatic carbocycles. The van der Waals surface area contributed by atoms with E-state index in [0.717, 1.165) is 37.6 Å². The molecule has 0 saturated heterocycles. The first-order chi connectivity index (χ1) is 8.29. The maximum Gasteiger partial charge on any atom is 0.135 e. The van der Waals surface area contributed by atoms with Crippen LogP contribution in [0.1, 0.15) is 37.4 Å². The van der Waals surface area contributed by atoms with Crippen LogP contribution in [-0.4, -0.2) is 30.2 Å². The molecule has 0 aromatic carbocycles. The molecule has 1 aromatic heterocycles. The number of unbranched alkanes of at least 4 members (excludes halogenated alkanes) is 1. The van der Waals surface area contributed by atoms with Gasteiger partial charge in [0.1, 0.15) is 16.8 Å². The molecule has 17 heavy (non-hydrogen) atoms. The first-order valence-corrected chi connectivity index (χ1v) is 6.44. The van der Waals surface area contributed by atoms with E-state index in [1.54, 1.807) is 13.2 Å². The van der Waals surface area contributed by atoms with Gasteiger partial charge in [0.15, 0.2) is 0 Å². The minimum Gasteiger partial charge on any atom is -0.385 e. The molecule has 1 N–H and O–H groups in total. The molecular formula is C12H18ClN3O. The van der Waals surface area contributed by atoms with Gasteiger partial charge in [-0.3, -0.25) is 0 Å². The summed E-state index contributed by atoms with van der Waals surface area (Å²) in [6.45, 7) is 1.69. The predicted octanol–water partition coefficient (Wildman–Crippen LogP) is 2.85. The van der Waals surface area contributed by atoms with E-state index in [1.807, 2.05) is 0 Å². The minimum absolute atomic E-state index is 0.529. The molecule has 1 heterocycles. The summed E-state index contributed by atoms with van der Waals surface area (Å²) in [6, 6.07) is 1.78. The Balaban J connectivity index is 1.82. The second-order valence-corrected chi connectivity index (χ2v) is 4.72. The van der Waals surface area contributed by atoms with Gasteiger partial charge in [-0.05, 0) is 25.7 Å². The zero-order chi connectivity index (χ0) is 12.1. The smallest absolute Gasteiger partial charge is 0.135 e. The SMILES string of the molecule is COCCCCNc1cc(Cl)nc(C2CC2)n1. The Labute approximate surface area is 107 Å². The lowest BCUT2D eigenvalue weighted by Gasteiger charge is -2.07. The van der Waals surface area contributed by atoms with Crippen molar-refractivity contribution in [1.29, 1.82) is 0 Å². The highest BCUT2D eigenvalue weighted by Gasteiger charge is 2.27. The van der Waals surface area contributed by atoms with Crippen LogP contribution < -0.4 is 5.32 Å². The summed E-state index contributed by atoms with van der Waals surface area (Å²) >= 11 is 5.97. The fourth-order valence-electron chi connectivity index (χ4n) is 1.64. The molecule has 2 rings (SSSR count). The fourth-order valence-corrected chi connectivity index (χ4v) is 1.83. The number of hydrogen-bond acceptors (Lipinski definition) is 4. The molecule has 1 fully saturated rings. The second kappa shape index (κ2) is 6.17. The first kappa shape index (κ1) is 12.6. The molecule has 1 aliphatic rings. The summed E-state index contributed by atoms with van der Waals surface area (Å²) in [7, 11) is 1.72. The number of anilines is 1. The van der Waals surface area contributed by atoms with Crippen LogP contribution in [0.4, 0.5) is 5.82 Å². The Morgan fingerprint density at radius 2 is 2.24 bits per heavy atom. The van der Waals surface area contributed by atoms with Crippen molar-refractivity contribution in [3.63, 3.8) is 0 Å². The highest BCUT2D eigenvalue weighted by molar-refractivity contribution is 6.29. The maximum absolute atomic E-state index is 5.97. The second-order valence-electron chi connectivity index (χ2n) is 4.34. The van der Waals surface area contributed by atoms with E-state index in [0.29, 0.717) is 11.1 Å².